The SMILES string of the molecule is CCC1(O)OC(=O)C(c2ccccc2)=C1c1ccccc1. The molecule has 0 saturated carbocycles. The Hall–Kier alpha value is -2.39. The Morgan fingerprint density at radius 2 is 1.48 bits per heavy atom. The minimum Gasteiger partial charge on any atom is -0.425 e. The summed E-state index contributed by atoms with van der Waals surface area (Å²) in [6.07, 6.45) is 0.305. The van der Waals surface area contributed by atoms with Crippen LogP contribution < -0.4 is 0 Å². The predicted molar refractivity (Wildman–Crippen MR) is 81.0 cm³/mol. The average Bonchev–Trinajstić information content (AvgIpc) is 2.80. The number of cyclic esters (lactones) is 1. The lowest BCUT2D eigenvalue weighted by molar-refractivity contribution is -0.175. The van der Waals surface area contributed by atoms with Gasteiger partial charge in [0, 0.05) is 12.0 Å². The summed E-state index contributed by atoms with van der Waals surface area (Å²) in [6.45, 7) is 1.80. The van der Waals surface area contributed by atoms with Crippen LogP contribution in [-0.4, -0.2) is 16.9 Å². The summed E-state index contributed by atoms with van der Waals surface area (Å²) in [5.74, 6) is -2.05. The number of hydrogen-bond donors (Lipinski definition) is 1. The predicted octanol–water partition coefficient (Wildman–Crippen LogP) is 3.25. The van der Waals surface area contributed by atoms with E-state index in [0.29, 0.717) is 17.6 Å². The number of benzene rings is 2. The highest BCUT2D eigenvalue weighted by Crippen LogP contribution is 2.44. The average molecular weight is 280 g/mol. The Morgan fingerprint density at radius 1 is 0.952 bits per heavy atom. The van der Waals surface area contributed by atoms with E-state index in [4.69, 9.17) is 4.74 Å². The number of carbonyl (C=O) groups excluding carboxylic acids is 1. The summed E-state index contributed by atoms with van der Waals surface area (Å²) in [5, 5.41) is 10.7. The van der Waals surface area contributed by atoms with Gasteiger partial charge in [-0.3, -0.25) is 0 Å². The molecule has 3 heteroatoms. The molecule has 1 aliphatic heterocycles. The van der Waals surface area contributed by atoms with Crippen LogP contribution in [0.2, 0.25) is 0 Å². The molecule has 0 fully saturated rings. The molecule has 0 aliphatic carbocycles. The first-order valence-electron chi connectivity index (χ1n) is 6.97. The molecule has 0 saturated heterocycles. The standard InChI is InChI=1S/C18H16O3/c1-2-18(20)16(14-11-7-4-8-12-14)15(17(19)21-18)13-9-5-3-6-10-13/h3-12,20H,2H2,1H3. The van der Waals surface area contributed by atoms with Crippen molar-refractivity contribution in [1.29, 1.82) is 0 Å². The van der Waals surface area contributed by atoms with Crippen molar-refractivity contribution in [3.05, 3.63) is 71.8 Å². The number of esters is 1. The molecule has 2 aromatic carbocycles. The molecule has 1 heterocycles. The van der Waals surface area contributed by atoms with Crippen LogP contribution in [-0.2, 0) is 9.53 Å². The minimum atomic E-state index is -1.57. The monoisotopic (exact) mass is 280 g/mol. The molecule has 0 radical (unpaired) electrons. The highest BCUT2D eigenvalue weighted by atomic mass is 16.7. The Bertz CT molecular complexity index is 689. The van der Waals surface area contributed by atoms with E-state index in [9.17, 15) is 9.90 Å². The van der Waals surface area contributed by atoms with Gasteiger partial charge in [0.05, 0.1) is 5.57 Å². The van der Waals surface area contributed by atoms with E-state index >= 15 is 0 Å². The van der Waals surface area contributed by atoms with Crippen LogP contribution in [0.1, 0.15) is 24.5 Å². The summed E-state index contributed by atoms with van der Waals surface area (Å²) in [7, 11) is 0. The smallest absolute Gasteiger partial charge is 0.342 e. The zero-order valence-corrected chi connectivity index (χ0v) is 11.7. The number of rotatable bonds is 3. The molecule has 1 aliphatic rings. The van der Waals surface area contributed by atoms with E-state index in [1.807, 2.05) is 60.7 Å². The largest absolute Gasteiger partial charge is 0.425 e. The van der Waals surface area contributed by atoms with E-state index in [1.165, 1.54) is 0 Å². The molecule has 0 aromatic heterocycles. The van der Waals surface area contributed by atoms with Gasteiger partial charge >= 0.3 is 5.97 Å². The van der Waals surface area contributed by atoms with Crippen molar-refractivity contribution in [2.75, 3.05) is 0 Å². The van der Waals surface area contributed by atoms with Crippen LogP contribution in [0, 0.1) is 0 Å². The van der Waals surface area contributed by atoms with Crippen molar-refractivity contribution in [2.24, 2.45) is 0 Å². The number of ether oxygens (including phenoxy) is 1. The minimum absolute atomic E-state index is 0.305. The van der Waals surface area contributed by atoms with Gasteiger partial charge in [0.15, 0.2) is 0 Å². The Balaban J connectivity index is 2.27. The van der Waals surface area contributed by atoms with E-state index in [0.717, 1.165) is 11.1 Å². The topological polar surface area (TPSA) is 46.5 Å². The normalized spacial score (nSPS) is 21.5. The number of carbonyl (C=O) groups is 1. The van der Waals surface area contributed by atoms with Gasteiger partial charge in [-0.05, 0) is 11.1 Å². The lowest BCUT2D eigenvalue weighted by Gasteiger charge is -2.23. The maximum absolute atomic E-state index is 12.3. The van der Waals surface area contributed by atoms with Crippen LogP contribution in [0.3, 0.4) is 0 Å². The number of hydrogen-bond acceptors (Lipinski definition) is 3. The van der Waals surface area contributed by atoms with Crippen LogP contribution in [0.25, 0.3) is 11.1 Å². The molecule has 1 N–H and O–H groups in total. The van der Waals surface area contributed by atoms with Crippen molar-refractivity contribution < 1.29 is 14.6 Å². The molecule has 1 atom stereocenters. The van der Waals surface area contributed by atoms with Crippen LogP contribution in [0.15, 0.2) is 60.7 Å². The first-order valence-corrected chi connectivity index (χ1v) is 6.97. The second kappa shape index (κ2) is 5.19. The fraction of sp³-hybridized carbons (Fsp3) is 0.167. The lowest BCUT2D eigenvalue weighted by atomic mass is 9.90. The molecule has 1 unspecified atom stereocenters. The molecule has 3 nitrogen and oxygen atoms in total. The quantitative estimate of drug-likeness (QED) is 0.878. The first-order chi connectivity index (χ1) is 10.2. The van der Waals surface area contributed by atoms with E-state index in [2.05, 4.69) is 0 Å². The second-order valence-corrected chi connectivity index (χ2v) is 5.01. The van der Waals surface area contributed by atoms with Gasteiger partial charge in [0.1, 0.15) is 0 Å². The van der Waals surface area contributed by atoms with Crippen molar-refractivity contribution in [3.8, 4) is 0 Å². The summed E-state index contributed by atoms with van der Waals surface area (Å²) >= 11 is 0. The fourth-order valence-corrected chi connectivity index (χ4v) is 2.64. The van der Waals surface area contributed by atoms with Crippen molar-refractivity contribution in [1.82, 2.24) is 0 Å². The molecule has 21 heavy (non-hydrogen) atoms. The zero-order chi connectivity index (χ0) is 14.9. The summed E-state index contributed by atoms with van der Waals surface area (Å²) in [6, 6.07) is 18.7. The molecule has 2 aromatic rings. The molecule has 0 spiro atoms. The van der Waals surface area contributed by atoms with Gasteiger partial charge in [-0.2, -0.15) is 0 Å². The van der Waals surface area contributed by atoms with E-state index in [-0.39, 0.29) is 0 Å². The van der Waals surface area contributed by atoms with Crippen LogP contribution in [0.4, 0.5) is 0 Å². The Labute approximate surface area is 123 Å². The van der Waals surface area contributed by atoms with Gasteiger partial charge in [-0.25, -0.2) is 4.79 Å². The Kier molecular flexibility index (Phi) is 3.35. The number of aliphatic hydroxyl groups is 1. The molecular weight excluding hydrogens is 264 g/mol. The molecule has 106 valence electrons. The molecule has 0 amide bonds. The van der Waals surface area contributed by atoms with Gasteiger partial charge in [0.25, 0.3) is 0 Å². The maximum atomic E-state index is 12.3. The summed E-state index contributed by atoms with van der Waals surface area (Å²) in [4.78, 5) is 12.3. The van der Waals surface area contributed by atoms with E-state index < -0.39 is 11.8 Å². The zero-order valence-electron chi connectivity index (χ0n) is 11.7. The lowest BCUT2D eigenvalue weighted by Crippen LogP contribution is -2.29. The van der Waals surface area contributed by atoms with Gasteiger partial charge in [-0.15, -0.1) is 0 Å². The van der Waals surface area contributed by atoms with Crippen molar-refractivity contribution in [3.63, 3.8) is 0 Å². The van der Waals surface area contributed by atoms with Crippen molar-refractivity contribution in [2.45, 2.75) is 19.1 Å². The first kappa shape index (κ1) is 13.6. The highest BCUT2D eigenvalue weighted by molar-refractivity contribution is 6.28. The third-order valence-electron chi connectivity index (χ3n) is 3.71. The molecule has 0 bridgehead atoms. The maximum Gasteiger partial charge on any atom is 0.342 e. The third kappa shape index (κ3) is 2.26. The van der Waals surface area contributed by atoms with Gasteiger partial charge < -0.3 is 9.84 Å². The third-order valence-corrected chi connectivity index (χ3v) is 3.71. The Morgan fingerprint density at radius 3 is 2.00 bits per heavy atom. The fourth-order valence-electron chi connectivity index (χ4n) is 2.64. The van der Waals surface area contributed by atoms with Crippen molar-refractivity contribution >= 4 is 17.1 Å². The van der Waals surface area contributed by atoms with E-state index in [1.54, 1.807) is 6.92 Å². The van der Waals surface area contributed by atoms with Gasteiger partial charge in [-0.1, -0.05) is 67.6 Å². The van der Waals surface area contributed by atoms with Crippen LogP contribution >= 0.6 is 0 Å². The van der Waals surface area contributed by atoms with Gasteiger partial charge in [0.2, 0.25) is 5.79 Å². The summed E-state index contributed by atoms with van der Waals surface area (Å²) in [5.41, 5.74) is 2.53. The summed E-state index contributed by atoms with van der Waals surface area (Å²) < 4.78 is 5.27. The molecular formula is C18H16O3. The molecule has 3 rings (SSSR count). The second-order valence-electron chi connectivity index (χ2n) is 5.01. The highest BCUT2D eigenvalue weighted by Gasteiger charge is 2.45. The van der Waals surface area contributed by atoms with Crippen LogP contribution in [0.5, 0.6) is 0 Å².